The lowest BCUT2D eigenvalue weighted by atomic mass is 10.1. The Bertz CT molecular complexity index is 176. The van der Waals surface area contributed by atoms with Crippen molar-refractivity contribution >= 4 is 23.4 Å². The summed E-state index contributed by atoms with van der Waals surface area (Å²) in [6, 6.07) is 0. The molecule has 2 nitrogen and oxygen atoms in total. The highest BCUT2D eigenvalue weighted by molar-refractivity contribution is 7.99. The summed E-state index contributed by atoms with van der Waals surface area (Å²) < 4.78 is 4.19. The molecule has 3 heteroatoms. The van der Waals surface area contributed by atoms with Crippen LogP contribution in [0, 0.1) is 0 Å². The summed E-state index contributed by atoms with van der Waals surface area (Å²) in [5, 5.41) is 0.0790. The van der Waals surface area contributed by atoms with Crippen LogP contribution in [0.4, 0.5) is 0 Å². The van der Waals surface area contributed by atoms with E-state index in [0.29, 0.717) is 12.2 Å². The second-order valence-corrected chi connectivity index (χ2v) is 3.50. The predicted octanol–water partition coefficient (Wildman–Crippen LogP) is 1.85. The van der Waals surface area contributed by atoms with Crippen LogP contribution < -0.4 is 0 Å². The fourth-order valence-electron chi connectivity index (χ4n) is 0.779. The molecule has 0 saturated carbocycles. The fourth-order valence-corrected chi connectivity index (χ4v) is 1.48. The maximum atomic E-state index is 11.1. The predicted molar refractivity (Wildman–Crippen MR) is 44.4 cm³/mol. The summed E-state index contributed by atoms with van der Waals surface area (Å²) in [5.74, 6) is 0.317. The molecule has 1 atom stereocenters. The largest absolute Gasteiger partial charge is 0.298 e. The summed E-state index contributed by atoms with van der Waals surface area (Å²) >= 11 is 1.40. The highest BCUT2D eigenvalue weighted by Gasteiger charge is 2.19. The highest BCUT2D eigenvalue weighted by Crippen LogP contribution is 2.21. The van der Waals surface area contributed by atoms with Crippen LogP contribution in [0.3, 0.4) is 0 Å². The zero-order chi connectivity index (χ0) is 7.56. The topological polar surface area (TPSA) is 29.4 Å². The summed E-state index contributed by atoms with van der Waals surface area (Å²) in [6.07, 6.45) is 1.48. The van der Waals surface area contributed by atoms with E-state index in [9.17, 15) is 4.79 Å². The Morgan fingerprint density at radius 3 is 3.00 bits per heavy atom. The van der Waals surface area contributed by atoms with Gasteiger partial charge in [-0.05, 0) is 25.3 Å². The van der Waals surface area contributed by atoms with E-state index in [1.54, 1.807) is 0 Å². The SMILES string of the molecule is CCC1=NSC(C)C(=O)C1. The lowest BCUT2D eigenvalue weighted by molar-refractivity contribution is -0.117. The van der Waals surface area contributed by atoms with Gasteiger partial charge in [0.25, 0.3) is 0 Å². The van der Waals surface area contributed by atoms with Crippen molar-refractivity contribution in [3.8, 4) is 0 Å². The van der Waals surface area contributed by atoms with Gasteiger partial charge in [0.1, 0.15) is 0 Å². The average Bonchev–Trinajstić information content (AvgIpc) is 1.95. The maximum Gasteiger partial charge on any atom is 0.153 e. The van der Waals surface area contributed by atoms with Gasteiger partial charge in [-0.15, -0.1) is 0 Å². The average molecular weight is 157 g/mol. The van der Waals surface area contributed by atoms with Gasteiger partial charge in [0.05, 0.1) is 5.25 Å². The van der Waals surface area contributed by atoms with Crippen molar-refractivity contribution in [1.29, 1.82) is 0 Å². The second kappa shape index (κ2) is 3.19. The third-order valence-electron chi connectivity index (χ3n) is 1.58. The van der Waals surface area contributed by atoms with Crippen LogP contribution in [0.1, 0.15) is 26.7 Å². The molecule has 1 unspecified atom stereocenters. The molecule has 10 heavy (non-hydrogen) atoms. The summed E-state index contributed by atoms with van der Waals surface area (Å²) in [4.78, 5) is 11.1. The molecule has 0 bridgehead atoms. The highest BCUT2D eigenvalue weighted by atomic mass is 32.2. The molecular weight excluding hydrogens is 146 g/mol. The van der Waals surface area contributed by atoms with E-state index in [2.05, 4.69) is 4.40 Å². The Morgan fingerprint density at radius 2 is 2.50 bits per heavy atom. The Kier molecular flexibility index (Phi) is 2.49. The van der Waals surface area contributed by atoms with Gasteiger partial charge >= 0.3 is 0 Å². The van der Waals surface area contributed by atoms with E-state index in [4.69, 9.17) is 0 Å². The van der Waals surface area contributed by atoms with E-state index in [1.165, 1.54) is 11.9 Å². The monoisotopic (exact) mass is 157 g/mol. The number of Topliss-reactive ketones (excluding diaryl/α,β-unsaturated/α-hetero) is 1. The van der Waals surface area contributed by atoms with E-state index >= 15 is 0 Å². The molecule has 0 fully saturated rings. The molecule has 56 valence electrons. The zero-order valence-electron chi connectivity index (χ0n) is 6.26. The molecule has 0 N–H and O–H groups in total. The van der Waals surface area contributed by atoms with Gasteiger partial charge in [0, 0.05) is 12.1 Å². The van der Waals surface area contributed by atoms with Crippen molar-refractivity contribution in [3.05, 3.63) is 0 Å². The van der Waals surface area contributed by atoms with E-state index in [0.717, 1.165) is 12.1 Å². The zero-order valence-corrected chi connectivity index (χ0v) is 7.07. The number of hydrogen-bond acceptors (Lipinski definition) is 3. The molecule has 0 aromatic rings. The summed E-state index contributed by atoms with van der Waals surface area (Å²) in [6.45, 7) is 3.94. The normalized spacial score (nSPS) is 26.4. The first-order chi connectivity index (χ1) is 4.74. The molecule has 0 saturated heterocycles. The minimum Gasteiger partial charge on any atom is -0.298 e. The first-order valence-corrected chi connectivity index (χ1v) is 4.32. The standard InChI is InChI=1S/C7H11NOS/c1-3-6-4-7(9)5(2)10-8-6/h5H,3-4H2,1-2H3. The first kappa shape index (κ1) is 7.79. The molecule has 1 aliphatic heterocycles. The number of carbonyl (C=O) groups excluding carboxylic acids is 1. The Morgan fingerprint density at radius 1 is 1.80 bits per heavy atom. The third-order valence-corrected chi connectivity index (χ3v) is 2.52. The van der Waals surface area contributed by atoms with Gasteiger partial charge in [-0.25, -0.2) is 4.40 Å². The maximum absolute atomic E-state index is 11.1. The molecular formula is C7H11NOS. The van der Waals surface area contributed by atoms with Crippen LogP contribution in [0.15, 0.2) is 4.40 Å². The van der Waals surface area contributed by atoms with Crippen LogP contribution in [-0.2, 0) is 4.79 Å². The van der Waals surface area contributed by atoms with Crippen molar-refractivity contribution in [2.75, 3.05) is 0 Å². The van der Waals surface area contributed by atoms with E-state index in [1.807, 2.05) is 13.8 Å². The third kappa shape index (κ3) is 1.59. The smallest absolute Gasteiger partial charge is 0.153 e. The Balaban J connectivity index is 2.61. The number of ketones is 1. The van der Waals surface area contributed by atoms with Crippen molar-refractivity contribution in [3.63, 3.8) is 0 Å². The van der Waals surface area contributed by atoms with Gasteiger partial charge in [0.2, 0.25) is 0 Å². The Labute approximate surface area is 65.2 Å². The first-order valence-electron chi connectivity index (χ1n) is 3.48. The molecule has 0 radical (unpaired) electrons. The quantitative estimate of drug-likeness (QED) is 0.543. The molecule has 0 spiro atoms. The molecule has 0 aromatic heterocycles. The van der Waals surface area contributed by atoms with Crippen molar-refractivity contribution < 1.29 is 4.79 Å². The van der Waals surface area contributed by atoms with Crippen LogP contribution >= 0.6 is 11.9 Å². The van der Waals surface area contributed by atoms with Gasteiger partial charge in [0.15, 0.2) is 5.78 Å². The lowest BCUT2D eigenvalue weighted by Crippen LogP contribution is -2.20. The minimum absolute atomic E-state index is 0.0790. The van der Waals surface area contributed by atoms with Crippen molar-refractivity contribution in [2.45, 2.75) is 31.9 Å². The number of carbonyl (C=O) groups is 1. The van der Waals surface area contributed by atoms with Gasteiger partial charge in [-0.3, -0.25) is 4.79 Å². The second-order valence-electron chi connectivity index (χ2n) is 2.40. The van der Waals surface area contributed by atoms with E-state index < -0.39 is 0 Å². The van der Waals surface area contributed by atoms with Crippen LogP contribution in [0.2, 0.25) is 0 Å². The van der Waals surface area contributed by atoms with E-state index in [-0.39, 0.29) is 5.25 Å². The molecule has 1 heterocycles. The van der Waals surface area contributed by atoms with Gasteiger partial charge in [-0.2, -0.15) is 0 Å². The minimum atomic E-state index is 0.0790. The Hall–Kier alpha value is -0.310. The molecule has 0 aliphatic carbocycles. The van der Waals surface area contributed by atoms with Crippen molar-refractivity contribution in [2.24, 2.45) is 4.40 Å². The molecule has 1 aliphatic rings. The van der Waals surface area contributed by atoms with Crippen LogP contribution in [0.5, 0.6) is 0 Å². The molecule has 0 aromatic carbocycles. The van der Waals surface area contributed by atoms with Gasteiger partial charge in [-0.1, -0.05) is 6.92 Å². The number of nitrogens with zero attached hydrogens (tertiary/aromatic N) is 1. The fraction of sp³-hybridized carbons (Fsp3) is 0.714. The summed E-state index contributed by atoms with van der Waals surface area (Å²) in [5.41, 5.74) is 1.04. The molecule has 1 rings (SSSR count). The van der Waals surface area contributed by atoms with Crippen LogP contribution in [-0.4, -0.2) is 16.7 Å². The molecule has 0 amide bonds. The van der Waals surface area contributed by atoms with Gasteiger partial charge < -0.3 is 0 Å². The number of hydrogen-bond donors (Lipinski definition) is 0. The lowest BCUT2D eigenvalue weighted by Gasteiger charge is -2.13. The van der Waals surface area contributed by atoms with Crippen LogP contribution in [0.25, 0.3) is 0 Å². The van der Waals surface area contributed by atoms with Crippen molar-refractivity contribution in [1.82, 2.24) is 0 Å². The summed E-state index contributed by atoms with van der Waals surface area (Å²) in [7, 11) is 0. The number of rotatable bonds is 1.